The highest BCUT2D eigenvalue weighted by Crippen LogP contribution is 2.49. The van der Waals surface area contributed by atoms with Crippen LogP contribution in [-0.4, -0.2) is 18.3 Å². The van der Waals surface area contributed by atoms with Crippen LogP contribution in [0.25, 0.3) is 0 Å². The summed E-state index contributed by atoms with van der Waals surface area (Å²) in [6.07, 6.45) is 0.968. The van der Waals surface area contributed by atoms with Crippen LogP contribution in [-0.2, 0) is 4.74 Å². The molecule has 2 atom stereocenters. The second-order valence-corrected chi connectivity index (χ2v) is 7.22. The summed E-state index contributed by atoms with van der Waals surface area (Å²) in [5, 5.41) is 2.03. The van der Waals surface area contributed by atoms with E-state index in [2.05, 4.69) is 33.1 Å². The molecule has 2 heterocycles. The third kappa shape index (κ3) is 2.79. The standard InChI is InChI=1S/C14H24N2O2S/c1-13(2)8-9(14(3,4)18-13)11(16-15)12-10(17-5)6-7-19-12/h6-7,9,11,16H,8,15H2,1-5H3. The molecule has 1 aromatic rings. The lowest BCUT2D eigenvalue weighted by atomic mass is 9.81. The predicted molar refractivity (Wildman–Crippen MR) is 78.3 cm³/mol. The molecule has 0 aromatic carbocycles. The van der Waals surface area contributed by atoms with Crippen LogP contribution in [0.5, 0.6) is 5.75 Å². The number of methoxy groups -OCH3 is 1. The second-order valence-electron chi connectivity index (χ2n) is 6.27. The van der Waals surface area contributed by atoms with Crippen LogP contribution in [0.4, 0.5) is 0 Å². The first kappa shape index (κ1) is 14.8. The number of nitrogens with two attached hydrogens (primary N) is 1. The molecule has 0 bridgehead atoms. The average Bonchev–Trinajstić information content (AvgIpc) is 2.82. The van der Waals surface area contributed by atoms with Crippen LogP contribution in [0.1, 0.15) is 45.0 Å². The van der Waals surface area contributed by atoms with Gasteiger partial charge < -0.3 is 9.47 Å². The van der Waals surface area contributed by atoms with E-state index in [1.165, 1.54) is 0 Å². The lowest BCUT2D eigenvalue weighted by Crippen LogP contribution is -2.41. The van der Waals surface area contributed by atoms with Gasteiger partial charge in [-0.3, -0.25) is 11.3 Å². The first-order chi connectivity index (χ1) is 8.80. The summed E-state index contributed by atoms with van der Waals surface area (Å²) in [6, 6.07) is 2.03. The highest BCUT2D eigenvalue weighted by molar-refractivity contribution is 7.10. The van der Waals surface area contributed by atoms with E-state index >= 15 is 0 Å². The molecule has 1 aliphatic rings. The number of hydrogen-bond donors (Lipinski definition) is 2. The van der Waals surface area contributed by atoms with Crippen molar-refractivity contribution in [2.45, 2.75) is 51.4 Å². The maximum atomic E-state index is 6.17. The quantitative estimate of drug-likeness (QED) is 0.659. The summed E-state index contributed by atoms with van der Waals surface area (Å²) < 4.78 is 11.6. The van der Waals surface area contributed by atoms with Gasteiger partial charge in [0.25, 0.3) is 0 Å². The van der Waals surface area contributed by atoms with Gasteiger partial charge in [0.1, 0.15) is 5.75 Å². The van der Waals surface area contributed by atoms with Gasteiger partial charge in [0.05, 0.1) is 29.2 Å². The van der Waals surface area contributed by atoms with Gasteiger partial charge in [-0.1, -0.05) is 0 Å². The van der Waals surface area contributed by atoms with Gasteiger partial charge in [-0.05, 0) is 45.6 Å². The average molecular weight is 284 g/mol. The summed E-state index contributed by atoms with van der Waals surface area (Å²) in [4.78, 5) is 1.14. The normalized spacial score (nSPS) is 26.3. The summed E-state index contributed by atoms with van der Waals surface area (Å²) in [5.41, 5.74) is 2.63. The Bertz CT molecular complexity index is 442. The minimum Gasteiger partial charge on any atom is -0.496 e. The van der Waals surface area contributed by atoms with Crippen LogP contribution in [0.2, 0.25) is 0 Å². The van der Waals surface area contributed by atoms with Crippen molar-refractivity contribution in [3.05, 3.63) is 16.3 Å². The monoisotopic (exact) mass is 284 g/mol. The van der Waals surface area contributed by atoms with Gasteiger partial charge in [0, 0.05) is 5.92 Å². The van der Waals surface area contributed by atoms with Crippen LogP contribution in [0.3, 0.4) is 0 Å². The van der Waals surface area contributed by atoms with Gasteiger partial charge in [0.2, 0.25) is 0 Å². The maximum absolute atomic E-state index is 6.17. The number of thiophene rings is 1. The molecule has 3 N–H and O–H groups in total. The largest absolute Gasteiger partial charge is 0.496 e. The fourth-order valence-corrected chi connectivity index (χ4v) is 4.19. The molecule has 0 radical (unpaired) electrons. The molecule has 1 aromatic heterocycles. The molecular formula is C14H24N2O2S. The zero-order valence-corrected chi connectivity index (χ0v) is 13.1. The minimum absolute atomic E-state index is 0.0479. The Labute approximate surface area is 119 Å². The molecule has 1 aliphatic heterocycles. The topological polar surface area (TPSA) is 56.5 Å². The van der Waals surface area contributed by atoms with Crippen molar-refractivity contribution >= 4 is 11.3 Å². The van der Waals surface area contributed by atoms with Crippen molar-refractivity contribution in [1.29, 1.82) is 0 Å². The Kier molecular flexibility index (Phi) is 3.93. The third-order valence-electron chi connectivity index (χ3n) is 3.89. The van der Waals surface area contributed by atoms with Gasteiger partial charge in [-0.2, -0.15) is 0 Å². The first-order valence-corrected chi connectivity index (χ1v) is 7.46. The van der Waals surface area contributed by atoms with E-state index in [0.717, 1.165) is 17.0 Å². The Hall–Kier alpha value is -0.620. The highest BCUT2D eigenvalue weighted by atomic mass is 32.1. The molecule has 0 amide bonds. The van der Waals surface area contributed by atoms with Crippen molar-refractivity contribution in [2.24, 2.45) is 11.8 Å². The molecule has 19 heavy (non-hydrogen) atoms. The molecule has 0 saturated carbocycles. The van der Waals surface area contributed by atoms with Crippen molar-refractivity contribution in [3.63, 3.8) is 0 Å². The smallest absolute Gasteiger partial charge is 0.134 e. The Balaban J connectivity index is 2.33. The highest BCUT2D eigenvalue weighted by Gasteiger charge is 2.49. The SMILES string of the molecule is COc1ccsc1C(NN)C1CC(C)(C)OC1(C)C. The second kappa shape index (κ2) is 5.05. The Morgan fingerprint density at radius 3 is 2.63 bits per heavy atom. The summed E-state index contributed by atoms with van der Waals surface area (Å²) in [5.74, 6) is 7.02. The van der Waals surface area contributed by atoms with Crippen molar-refractivity contribution in [3.8, 4) is 5.75 Å². The van der Waals surface area contributed by atoms with Crippen LogP contribution in [0.15, 0.2) is 11.4 Å². The molecule has 4 nitrogen and oxygen atoms in total. The molecule has 0 aliphatic carbocycles. The molecular weight excluding hydrogens is 260 g/mol. The van der Waals surface area contributed by atoms with Gasteiger partial charge >= 0.3 is 0 Å². The van der Waals surface area contributed by atoms with E-state index in [1.807, 2.05) is 11.4 Å². The van der Waals surface area contributed by atoms with E-state index in [0.29, 0.717) is 5.92 Å². The Morgan fingerprint density at radius 1 is 1.47 bits per heavy atom. The van der Waals surface area contributed by atoms with E-state index in [4.69, 9.17) is 15.3 Å². The van der Waals surface area contributed by atoms with E-state index < -0.39 is 0 Å². The lowest BCUT2D eigenvalue weighted by Gasteiger charge is -2.32. The lowest BCUT2D eigenvalue weighted by molar-refractivity contribution is -0.0778. The van der Waals surface area contributed by atoms with E-state index in [1.54, 1.807) is 18.4 Å². The molecule has 2 rings (SSSR count). The fourth-order valence-electron chi connectivity index (χ4n) is 3.20. The maximum Gasteiger partial charge on any atom is 0.134 e. The number of nitrogens with one attached hydrogen (secondary N) is 1. The minimum atomic E-state index is -0.213. The first-order valence-electron chi connectivity index (χ1n) is 6.58. The van der Waals surface area contributed by atoms with Crippen LogP contribution < -0.4 is 16.0 Å². The molecule has 2 unspecified atom stereocenters. The van der Waals surface area contributed by atoms with Gasteiger partial charge in [-0.15, -0.1) is 11.3 Å². The van der Waals surface area contributed by atoms with Crippen molar-refractivity contribution in [2.75, 3.05) is 7.11 Å². The molecule has 1 saturated heterocycles. The van der Waals surface area contributed by atoms with Gasteiger partial charge in [-0.25, -0.2) is 0 Å². The molecule has 5 heteroatoms. The number of rotatable bonds is 4. The van der Waals surface area contributed by atoms with Gasteiger partial charge in [0.15, 0.2) is 0 Å². The summed E-state index contributed by atoms with van der Waals surface area (Å²) >= 11 is 1.67. The van der Waals surface area contributed by atoms with Crippen molar-refractivity contribution < 1.29 is 9.47 Å². The molecule has 1 fully saturated rings. The van der Waals surface area contributed by atoms with E-state index in [-0.39, 0.29) is 17.2 Å². The number of hydrazine groups is 1. The van der Waals surface area contributed by atoms with Crippen LogP contribution in [0, 0.1) is 5.92 Å². The van der Waals surface area contributed by atoms with Crippen LogP contribution >= 0.6 is 11.3 Å². The van der Waals surface area contributed by atoms with E-state index in [9.17, 15) is 0 Å². The molecule has 108 valence electrons. The predicted octanol–water partition coefficient (Wildman–Crippen LogP) is 2.85. The fraction of sp³-hybridized carbons (Fsp3) is 0.714. The number of ether oxygens (including phenoxy) is 2. The zero-order valence-electron chi connectivity index (χ0n) is 12.3. The summed E-state index contributed by atoms with van der Waals surface area (Å²) in [7, 11) is 1.69. The zero-order chi connectivity index (χ0) is 14.3. The summed E-state index contributed by atoms with van der Waals surface area (Å²) in [6.45, 7) is 8.54. The third-order valence-corrected chi connectivity index (χ3v) is 4.87. The molecule has 0 spiro atoms. The number of hydrogen-bond acceptors (Lipinski definition) is 5. The Morgan fingerprint density at radius 2 is 2.16 bits per heavy atom. The van der Waals surface area contributed by atoms with Crippen molar-refractivity contribution in [1.82, 2.24) is 5.43 Å².